The first kappa shape index (κ1) is 14.7. The van der Waals surface area contributed by atoms with Crippen LogP contribution >= 0.6 is 11.6 Å². The van der Waals surface area contributed by atoms with Crippen LogP contribution in [0.3, 0.4) is 0 Å². The van der Waals surface area contributed by atoms with E-state index in [0.29, 0.717) is 6.04 Å². The summed E-state index contributed by atoms with van der Waals surface area (Å²) in [6, 6.07) is 0.650. The van der Waals surface area contributed by atoms with Crippen molar-refractivity contribution in [3.63, 3.8) is 0 Å². The average Bonchev–Trinajstić information content (AvgIpc) is 2.34. The smallest absolute Gasteiger partial charge is 0.0645 e. The Morgan fingerprint density at radius 3 is 2.47 bits per heavy atom. The molecule has 0 amide bonds. The van der Waals surface area contributed by atoms with Crippen LogP contribution in [0.5, 0.6) is 0 Å². The van der Waals surface area contributed by atoms with Gasteiger partial charge >= 0.3 is 0 Å². The largest absolute Gasteiger partial charge is 0.378 e. The maximum absolute atomic E-state index is 5.82. The molecule has 0 aromatic rings. The monoisotopic (exact) mass is 283 g/mol. The van der Waals surface area contributed by atoms with Crippen LogP contribution in [-0.2, 0) is 4.74 Å². The number of halogens is 1. The van der Waals surface area contributed by atoms with E-state index in [0.717, 1.165) is 56.7 Å². The van der Waals surface area contributed by atoms with Gasteiger partial charge in [-0.1, -0.05) is 11.6 Å². The van der Waals surface area contributed by atoms with E-state index in [4.69, 9.17) is 16.3 Å². The van der Waals surface area contributed by atoms with Crippen molar-refractivity contribution >= 4 is 18.3 Å². The van der Waals surface area contributed by atoms with Crippen molar-refractivity contribution in [3.05, 3.63) is 22.9 Å². The summed E-state index contributed by atoms with van der Waals surface area (Å²) in [5.74, 6) is 0. The highest BCUT2D eigenvalue weighted by molar-refractivity contribution is 6.29. The lowest BCUT2D eigenvalue weighted by Crippen LogP contribution is -2.56. The average molecular weight is 284 g/mol. The van der Waals surface area contributed by atoms with Gasteiger partial charge in [-0.15, -0.1) is 0 Å². The van der Waals surface area contributed by atoms with Crippen molar-refractivity contribution in [2.24, 2.45) is 4.99 Å². The molecule has 2 fully saturated rings. The highest BCUT2D eigenvalue weighted by atomic mass is 35.5. The van der Waals surface area contributed by atoms with Crippen LogP contribution in [-0.4, -0.2) is 68.5 Å². The zero-order valence-corrected chi connectivity index (χ0v) is 12.3. The fourth-order valence-corrected chi connectivity index (χ4v) is 2.38. The van der Waals surface area contributed by atoms with Crippen LogP contribution in [0.2, 0.25) is 0 Å². The van der Waals surface area contributed by atoms with Crippen LogP contribution in [0.1, 0.15) is 6.92 Å². The lowest BCUT2D eigenvalue weighted by molar-refractivity contribution is -0.0762. The molecule has 2 rings (SSSR count). The van der Waals surface area contributed by atoms with Crippen molar-refractivity contribution in [2.75, 3.05) is 45.9 Å². The van der Waals surface area contributed by atoms with Crippen molar-refractivity contribution in [2.45, 2.75) is 13.0 Å². The fourth-order valence-electron chi connectivity index (χ4n) is 2.32. The Morgan fingerprint density at radius 2 is 2.00 bits per heavy atom. The van der Waals surface area contributed by atoms with Gasteiger partial charge in [0, 0.05) is 37.8 Å². The van der Waals surface area contributed by atoms with Gasteiger partial charge in [-0.05, 0) is 25.8 Å². The third-order valence-corrected chi connectivity index (χ3v) is 3.76. The van der Waals surface area contributed by atoms with E-state index in [9.17, 15) is 0 Å². The van der Waals surface area contributed by atoms with Gasteiger partial charge in [0.25, 0.3) is 0 Å². The highest BCUT2D eigenvalue weighted by Crippen LogP contribution is 2.14. The Hall–Kier alpha value is -0.680. The van der Waals surface area contributed by atoms with Crippen LogP contribution in [0, 0.1) is 0 Å². The number of allylic oxidation sites excluding steroid dienone is 3. The molecule has 0 aromatic carbocycles. The van der Waals surface area contributed by atoms with Crippen molar-refractivity contribution in [1.82, 2.24) is 9.80 Å². The van der Waals surface area contributed by atoms with Gasteiger partial charge in [0.15, 0.2) is 0 Å². The van der Waals surface area contributed by atoms with Gasteiger partial charge in [0.1, 0.15) is 0 Å². The predicted molar refractivity (Wildman–Crippen MR) is 79.9 cm³/mol. The first-order chi connectivity index (χ1) is 9.19. The highest BCUT2D eigenvalue weighted by Gasteiger charge is 2.28. The Kier molecular flexibility index (Phi) is 5.58. The molecule has 0 N–H and O–H groups in total. The number of ether oxygens (including phenoxy) is 1. The van der Waals surface area contributed by atoms with Gasteiger partial charge in [-0.3, -0.25) is 14.8 Å². The molecule has 5 heteroatoms. The summed E-state index contributed by atoms with van der Waals surface area (Å²) in [5.41, 5.74) is 0.973. The second kappa shape index (κ2) is 7.20. The van der Waals surface area contributed by atoms with Crippen LogP contribution < -0.4 is 0 Å². The summed E-state index contributed by atoms with van der Waals surface area (Å²) < 4.78 is 5.24. The summed E-state index contributed by atoms with van der Waals surface area (Å²) in [6.07, 6.45) is 3.81. The Bertz CT molecular complexity index is 365. The number of hydrogen-bond acceptors (Lipinski definition) is 4. The molecular weight excluding hydrogens is 262 g/mol. The third-order valence-electron chi connectivity index (χ3n) is 3.64. The number of aliphatic imine (C=N–C) groups is 1. The maximum atomic E-state index is 5.82. The number of piperazine rings is 1. The molecule has 0 aliphatic carbocycles. The van der Waals surface area contributed by atoms with E-state index in [2.05, 4.69) is 21.5 Å². The van der Waals surface area contributed by atoms with E-state index in [1.54, 1.807) is 0 Å². The minimum Gasteiger partial charge on any atom is -0.378 e. The van der Waals surface area contributed by atoms with Crippen LogP contribution in [0.4, 0.5) is 0 Å². The minimum atomic E-state index is 0.650. The molecular formula is C14H22ClN3O. The van der Waals surface area contributed by atoms with E-state index >= 15 is 0 Å². The Morgan fingerprint density at radius 1 is 1.32 bits per heavy atom. The van der Waals surface area contributed by atoms with Gasteiger partial charge in [-0.25, -0.2) is 0 Å². The molecule has 0 unspecified atom stereocenters. The lowest BCUT2D eigenvalue weighted by atomic mass is 10.2. The lowest BCUT2D eigenvalue weighted by Gasteiger charge is -2.42. The maximum Gasteiger partial charge on any atom is 0.0645 e. The predicted octanol–water partition coefficient (Wildman–Crippen LogP) is 1.73. The Labute approximate surface area is 120 Å². The second-order valence-corrected chi connectivity index (χ2v) is 5.67. The molecule has 0 atom stereocenters. The molecule has 19 heavy (non-hydrogen) atoms. The molecule has 2 aliphatic rings. The molecule has 2 aliphatic heterocycles. The summed E-state index contributed by atoms with van der Waals surface area (Å²) in [6.45, 7) is 12.5. The molecule has 0 spiro atoms. The number of nitrogens with zero attached hydrogens (tertiary/aromatic N) is 3. The fraction of sp³-hybridized carbons (Fsp3) is 0.643. The molecule has 0 saturated carbocycles. The molecule has 0 aromatic heterocycles. The van der Waals surface area contributed by atoms with E-state index < -0.39 is 0 Å². The topological polar surface area (TPSA) is 28.1 Å². The van der Waals surface area contributed by atoms with Gasteiger partial charge in [0.2, 0.25) is 0 Å². The first-order valence-corrected chi connectivity index (χ1v) is 7.10. The second-order valence-electron chi connectivity index (χ2n) is 5.07. The number of rotatable bonds is 5. The summed E-state index contributed by atoms with van der Waals surface area (Å²) in [4.78, 5) is 9.00. The zero-order valence-electron chi connectivity index (χ0n) is 11.5. The molecule has 4 nitrogen and oxygen atoms in total. The number of hydrogen-bond donors (Lipinski definition) is 0. The van der Waals surface area contributed by atoms with Crippen LogP contribution in [0.25, 0.3) is 0 Å². The molecule has 2 heterocycles. The third kappa shape index (κ3) is 4.42. The molecule has 2 saturated heterocycles. The standard InChI is InChI=1S/C14H22ClN3O/c1-12(15)3-4-13(16-2)9-17-5-7-18(8-6-17)14-10-19-11-14/h3-4,14H,2,5-11H2,1H3/b12-3+,13-4-. The summed E-state index contributed by atoms with van der Waals surface area (Å²) in [5, 5.41) is 0.760. The minimum absolute atomic E-state index is 0.650. The molecule has 0 bridgehead atoms. The zero-order chi connectivity index (χ0) is 13.7. The summed E-state index contributed by atoms with van der Waals surface area (Å²) >= 11 is 5.82. The van der Waals surface area contributed by atoms with Crippen molar-refractivity contribution < 1.29 is 4.74 Å². The normalized spacial score (nSPS) is 24.3. The molecule has 0 radical (unpaired) electrons. The van der Waals surface area contributed by atoms with E-state index in [1.165, 1.54) is 0 Å². The summed E-state index contributed by atoms with van der Waals surface area (Å²) in [7, 11) is 0. The van der Waals surface area contributed by atoms with Gasteiger partial charge in [-0.2, -0.15) is 0 Å². The van der Waals surface area contributed by atoms with Gasteiger partial charge < -0.3 is 4.74 Å². The first-order valence-electron chi connectivity index (χ1n) is 6.73. The van der Waals surface area contributed by atoms with Crippen molar-refractivity contribution in [1.29, 1.82) is 0 Å². The SMILES string of the molecule is C=N/C(=C\C=C(/C)Cl)CN1CCN(C2COC2)CC1. The van der Waals surface area contributed by atoms with Crippen molar-refractivity contribution in [3.8, 4) is 0 Å². The van der Waals surface area contributed by atoms with E-state index in [1.807, 2.05) is 19.1 Å². The quantitative estimate of drug-likeness (QED) is 0.568. The van der Waals surface area contributed by atoms with Gasteiger partial charge in [0.05, 0.1) is 25.0 Å². The molecule has 106 valence electrons. The Balaban J connectivity index is 1.78. The van der Waals surface area contributed by atoms with E-state index in [-0.39, 0.29) is 0 Å². The van der Waals surface area contributed by atoms with Crippen LogP contribution in [0.15, 0.2) is 27.9 Å².